The highest BCUT2D eigenvalue weighted by atomic mass is 19.1. The lowest BCUT2D eigenvalue weighted by molar-refractivity contribution is 0.0704. The van der Waals surface area contributed by atoms with Crippen molar-refractivity contribution < 1.29 is 19.0 Å². The summed E-state index contributed by atoms with van der Waals surface area (Å²) < 4.78 is 23.9. The third-order valence-corrected chi connectivity index (χ3v) is 2.38. The van der Waals surface area contributed by atoms with E-state index in [0.717, 1.165) is 5.56 Å². The van der Waals surface area contributed by atoms with Gasteiger partial charge in [0, 0.05) is 18.7 Å². The van der Waals surface area contributed by atoms with Crippen molar-refractivity contribution in [2.24, 2.45) is 0 Å². The SMILES string of the molecule is CC(C)NCc1cc(F)cc(OCCOCCO)c1. The van der Waals surface area contributed by atoms with Crippen LogP contribution in [0.15, 0.2) is 18.2 Å². The molecule has 0 aliphatic rings. The first kappa shape index (κ1) is 15.9. The summed E-state index contributed by atoms with van der Waals surface area (Å²) in [6.07, 6.45) is 0. The molecule has 0 fully saturated rings. The van der Waals surface area contributed by atoms with Crippen LogP contribution >= 0.6 is 0 Å². The highest BCUT2D eigenvalue weighted by Gasteiger charge is 2.03. The van der Waals surface area contributed by atoms with Crippen molar-refractivity contribution in [3.63, 3.8) is 0 Å². The minimum Gasteiger partial charge on any atom is -0.491 e. The minimum absolute atomic E-state index is 0.00894. The van der Waals surface area contributed by atoms with E-state index in [1.165, 1.54) is 12.1 Å². The molecule has 0 bridgehead atoms. The molecule has 0 aromatic heterocycles. The maximum Gasteiger partial charge on any atom is 0.127 e. The Morgan fingerprint density at radius 2 is 2.00 bits per heavy atom. The van der Waals surface area contributed by atoms with Gasteiger partial charge in [0.25, 0.3) is 0 Å². The molecule has 1 rings (SSSR count). The summed E-state index contributed by atoms with van der Waals surface area (Å²) in [4.78, 5) is 0. The Bertz CT molecular complexity index is 372. The Morgan fingerprint density at radius 3 is 2.68 bits per heavy atom. The number of ether oxygens (including phenoxy) is 2. The van der Waals surface area contributed by atoms with Crippen LogP contribution in [-0.2, 0) is 11.3 Å². The van der Waals surface area contributed by atoms with Crippen LogP contribution in [-0.4, -0.2) is 37.6 Å². The van der Waals surface area contributed by atoms with Crippen molar-refractivity contribution in [3.8, 4) is 5.75 Å². The molecule has 0 saturated carbocycles. The van der Waals surface area contributed by atoms with Gasteiger partial charge in [0.1, 0.15) is 18.2 Å². The maximum absolute atomic E-state index is 13.4. The molecule has 1 aromatic rings. The predicted octanol–water partition coefficient (Wildman–Crippen LogP) is 1.71. The van der Waals surface area contributed by atoms with Crippen LogP contribution in [0.25, 0.3) is 0 Å². The van der Waals surface area contributed by atoms with Gasteiger partial charge in [0.15, 0.2) is 0 Å². The highest BCUT2D eigenvalue weighted by Crippen LogP contribution is 2.16. The first-order valence-electron chi connectivity index (χ1n) is 6.46. The second-order valence-electron chi connectivity index (χ2n) is 4.52. The monoisotopic (exact) mass is 271 g/mol. The number of aliphatic hydroxyl groups is 1. The molecule has 108 valence electrons. The Labute approximate surface area is 113 Å². The molecule has 0 saturated heterocycles. The lowest BCUT2D eigenvalue weighted by atomic mass is 10.2. The second-order valence-corrected chi connectivity index (χ2v) is 4.52. The van der Waals surface area contributed by atoms with Gasteiger partial charge in [0.2, 0.25) is 0 Å². The Hall–Kier alpha value is -1.17. The molecule has 0 radical (unpaired) electrons. The molecule has 0 atom stereocenters. The van der Waals surface area contributed by atoms with E-state index in [9.17, 15) is 4.39 Å². The van der Waals surface area contributed by atoms with Crippen LogP contribution in [0.3, 0.4) is 0 Å². The summed E-state index contributed by atoms with van der Waals surface area (Å²) in [5.74, 6) is 0.183. The van der Waals surface area contributed by atoms with Gasteiger partial charge >= 0.3 is 0 Å². The van der Waals surface area contributed by atoms with E-state index in [2.05, 4.69) is 5.32 Å². The van der Waals surface area contributed by atoms with E-state index in [-0.39, 0.29) is 19.0 Å². The molecule has 0 amide bonds. The zero-order chi connectivity index (χ0) is 14.1. The van der Waals surface area contributed by atoms with E-state index in [1.54, 1.807) is 0 Å². The lowest BCUT2D eigenvalue weighted by Crippen LogP contribution is -2.21. The van der Waals surface area contributed by atoms with E-state index < -0.39 is 0 Å². The zero-order valence-electron chi connectivity index (χ0n) is 11.5. The van der Waals surface area contributed by atoms with E-state index in [4.69, 9.17) is 14.6 Å². The van der Waals surface area contributed by atoms with Crippen LogP contribution < -0.4 is 10.1 Å². The third-order valence-electron chi connectivity index (χ3n) is 2.38. The summed E-state index contributed by atoms with van der Waals surface area (Å²) >= 11 is 0. The van der Waals surface area contributed by atoms with Gasteiger partial charge in [-0.15, -0.1) is 0 Å². The molecule has 0 heterocycles. The number of aliphatic hydroxyl groups excluding tert-OH is 1. The van der Waals surface area contributed by atoms with Gasteiger partial charge in [-0.25, -0.2) is 4.39 Å². The van der Waals surface area contributed by atoms with Gasteiger partial charge in [0.05, 0.1) is 19.8 Å². The van der Waals surface area contributed by atoms with Gasteiger partial charge in [-0.1, -0.05) is 13.8 Å². The fraction of sp³-hybridized carbons (Fsp3) is 0.571. The van der Waals surface area contributed by atoms with Gasteiger partial charge < -0.3 is 19.9 Å². The van der Waals surface area contributed by atoms with Crippen LogP contribution in [0.2, 0.25) is 0 Å². The molecule has 1 aromatic carbocycles. The molecule has 5 heteroatoms. The average Bonchev–Trinajstić information content (AvgIpc) is 2.35. The van der Waals surface area contributed by atoms with Crippen LogP contribution in [0.1, 0.15) is 19.4 Å². The van der Waals surface area contributed by atoms with Crippen LogP contribution in [0.5, 0.6) is 5.75 Å². The van der Waals surface area contributed by atoms with Crippen molar-refractivity contribution in [1.82, 2.24) is 5.32 Å². The number of nitrogens with one attached hydrogen (secondary N) is 1. The summed E-state index contributed by atoms with van der Waals surface area (Å²) in [6.45, 7) is 5.66. The number of rotatable bonds is 9. The topological polar surface area (TPSA) is 50.7 Å². The van der Waals surface area contributed by atoms with Crippen molar-refractivity contribution in [2.45, 2.75) is 26.4 Å². The molecule has 0 aliphatic carbocycles. The Kier molecular flexibility index (Phi) is 7.40. The van der Waals surface area contributed by atoms with E-state index in [1.807, 2.05) is 19.9 Å². The number of hydrogen-bond donors (Lipinski definition) is 2. The molecule has 0 aliphatic heterocycles. The smallest absolute Gasteiger partial charge is 0.127 e. The standard InChI is InChI=1S/C14H22FNO3/c1-11(2)16-10-12-7-13(15)9-14(8-12)19-6-5-18-4-3-17/h7-9,11,16-17H,3-6,10H2,1-2H3. The summed E-state index contributed by atoms with van der Waals surface area (Å²) in [7, 11) is 0. The molecular weight excluding hydrogens is 249 g/mol. The first-order chi connectivity index (χ1) is 9.11. The summed E-state index contributed by atoms with van der Waals surface area (Å²) in [5.41, 5.74) is 0.847. The fourth-order valence-electron chi connectivity index (χ4n) is 1.51. The van der Waals surface area contributed by atoms with Crippen molar-refractivity contribution in [1.29, 1.82) is 0 Å². The summed E-state index contributed by atoms with van der Waals surface area (Å²) in [6, 6.07) is 5.00. The number of benzene rings is 1. The van der Waals surface area contributed by atoms with Gasteiger partial charge in [-0.3, -0.25) is 0 Å². The molecule has 0 unspecified atom stereocenters. The highest BCUT2D eigenvalue weighted by molar-refractivity contribution is 5.29. The zero-order valence-corrected chi connectivity index (χ0v) is 11.5. The molecule has 19 heavy (non-hydrogen) atoms. The van der Waals surface area contributed by atoms with Crippen molar-refractivity contribution in [3.05, 3.63) is 29.6 Å². The Balaban J connectivity index is 2.44. The molecular formula is C14H22FNO3. The first-order valence-corrected chi connectivity index (χ1v) is 6.46. The maximum atomic E-state index is 13.4. The molecule has 0 spiro atoms. The summed E-state index contributed by atoms with van der Waals surface area (Å²) in [5, 5.41) is 11.8. The van der Waals surface area contributed by atoms with Crippen molar-refractivity contribution >= 4 is 0 Å². The van der Waals surface area contributed by atoms with Crippen LogP contribution in [0.4, 0.5) is 4.39 Å². The molecule has 2 N–H and O–H groups in total. The third kappa shape index (κ3) is 7.10. The van der Waals surface area contributed by atoms with E-state index >= 15 is 0 Å². The normalized spacial score (nSPS) is 11.0. The predicted molar refractivity (Wildman–Crippen MR) is 71.8 cm³/mol. The van der Waals surface area contributed by atoms with E-state index in [0.29, 0.717) is 31.5 Å². The largest absolute Gasteiger partial charge is 0.491 e. The van der Waals surface area contributed by atoms with Crippen molar-refractivity contribution in [2.75, 3.05) is 26.4 Å². The molecule has 4 nitrogen and oxygen atoms in total. The quantitative estimate of drug-likeness (QED) is 0.671. The minimum atomic E-state index is -0.311. The Morgan fingerprint density at radius 1 is 1.21 bits per heavy atom. The number of hydrogen-bond acceptors (Lipinski definition) is 4. The fourth-order valence-corrected chi connectivity index (χ4v) is 1.51. The van der Waals surface area contributed by atoms with Crippen LogP contribution in [0, 0.1) is 5.82 Å². The lowest BCUT2D eigenvalue weighted by Gasteiger charge is -2.11. The average molecular weight is 271 g/mol. The number of halogens is 1. The van der Waals surface area contributed by atoms with Gasteiger partial charge in [-0.05, 0) is 17.7 Å². The van der Waals surface area contributed by atoms with Gasteiger partial charge in [-0.2, -0.15) is 0 Å². The second kappa shape index (κ2) is 8.85.